The molecule has 13 heavy (non-hydrogen) atoms. The highest BCUT2D eigenvalue weighted by Crippen LogP contribution is 1.98. The summed E-state index contributed by atoms with van der Waals surface area (Å²) in [5, 5.41) is 3.24. The Bertz CT molecular complexity index is 124. The summed E-state index contributed by atoms with van der Waals surface area (Å²) in [6.07, 6.45) is 0. The average Bonchev–Trinajstić information content (AvgIpc) is 2.19. The van der Waals surface area contributed by atoms with Gasteiger partial charge in [-0.05, 0) is 7.05 Å². The molecule has 78 valence electrons. The molecular weight excluding hydrogens is 168 g/mol. The molecule has 0 amide bonds. The molecule has 1 aliphatic rings. The van der Waals surface area contributed by atoms with Gasteiger partial charge in [-0.3, -0.25) is 4.90 Å². The van der Waals surface area contributed by atoms with Crippen molar-refractivity contribution in [2.45, 2.75) is 6.04 Å². The molecule has 1 heterocycles. The van der Waals surface area contributed by atoms with Crippen LogP contribution in [0.25, 0.3) is 0 Å². The predicted molar refractivity (Wildman–Crippen MR) is 52.0 cm³/mol. The highest BCUT2D eigenvalue weighted by molar-refractivity contribution is 4.71. The van der Waals surface area contributed by atoms with Crippen molar-refractivity contribution < 1.29 is 9.47 Å². The van der Waals surface area contributed by atoms with E-state index in [-0.39, 0.29) is 0 Å². The standard InChI is InChI=1S/C9H20N2O2/c1-10-9(8-12-2)7-11-3-5-13-6-4-11/h9-10H,3-8H2,1-2H3. The van der Waals surface area contributed by atoms with E-state index in [9.17, 15) is 0 Å². The van der Waals surface area contributed by atoms with E-state index < -0.39 is 0 Å². The minimum atomic E-state index is 0.433. The molecule has 0 aliphatic carbocycles. The fourth-order valence-corrected chi connectivity index (χ4v) is 1.52. The molecule has 0 saturated carbocycles. The van der Waals surface area contributed by atoms with Crippen LogP contribution in [-0.2, 0) is 9.47 Å². The van der Waals surface area contributed by atoms with Crippen molar-refractivity contribution in [3.05, 3.63) is 0 Å². The van der Waals surface area contributed by atoms with Crippen molar-refractivity contribution >= 4 is 0 Å². The van der Waals surface area contributed by atoms with Crippen LogP contribution in [0.15, 0.2) is 0 Å². The van der Waals surface area contributed by atoms with Crippen LogP contribution in [-0.4, -0.2) is 64.6 Å². The van der Waals surface area contributed by atoms with Crippen LogP contribution in [0.2, 0.25) is 0 Å². The van der Waals surface area contributed by atoms with E-state index in [4.69, 9.17) is 9.47 Å². The zero-order chi connectivity index (χ0) is 9.52. The lowest BCUT2D eigenvalue weighted by Crippen LogP contribution is -2.46. The van der Waals surface area contributed by atoms with Gasteiger partial charge in [0.2, 0.25) is 0 Å². The number of hydrogen-bond acceptors (Lipinski definition) is 4. The largest absolute Gasteiger partial charge is 0.383 e. The Hall–Kier alpha value is -0.160. The Morgan fingerprint density at radius 2 is 2.15 bits per heavy atom. The molecule has 0 bridgehead atoms. The number of ether oxygens (including phenoxy) is 2. The van der Waals surface area contributed by atoms with Crippen molar-refractivity contribution in [2.24, 2.45) is 0 Å². The van der Waals surface area contributed by atoms with Crippen molar-refractivity contribution in [2.75, 3.05) is 53.6 Å². The number of methoxy groups -OCH3 is 1. The van der Waals surface area contributed by atoms with Crippen LogP contribution in [0, 0.1) is 0 Å². The second-order valence-electron chi connectivity index (χ2n) is 3.35. The van der Waals surface area contributed by atoms with E-state index in [1.165, 1.54) is 0 Å². The first-order valence-electron chi connectivity index (χ1n) is 4.83. The van der Waals surface area contributed by atoms with Gasteiger partial charge in [-0.2, -0.15) is 0 Å². The van der Waals surface area contributed by atoms with E-state index >= 15 is 0 Å². The first-order valence-corrected chi connectivity index (χ1v) is 4.83. The van der Waals surface area contributed by atoms with Crippen molar-refractivity contribution in [3.63, 3.8) is 0 Å². The number of nitrogens with one attached hydrogen (secondary N) is 1. The predicted octanol–water partition coefficient (Wildman–Crippen LogP) is -0.447. The lowest BCUT2D eigenvalue weighted by atomic mass is 10.2. The van der Waals surface area contributed by atoms with Gasteiger partial charge in [-0.1, -0.05) is 0 Å². The average molecular weight is 188 g/mol. The molecule has 1 aliphatic heterocycles. The topological polar surface area (TPSA) is 33.7 Å². The second kappa shape index (κ2) is 6.32. The zero-order valence-corrected chi connectivity index (χ0v) is 8.58. The minimum Gasteiger partial charge on any atom is -0.383 e. The van der Waals surface area contributed by atoms with Crippen LogP contribution in [0.5, 0.6) is 0 Å². The number of morpholine rings is 1. The zero-order valence-electron chi connectivity index (χ0n) is 8.58. The van der Waals surface area contributed by atoms with Gasteiger partial charge < -0.3 is 14.8 Å². The van der Waals surface area contributed by atoms with Gasteiger partial charge in [0.1, 0.15) is 0 Å². The molecule has 0 spiro atoms. The Labute approximate surface area is 80.2 Å². The first-order chi connectivity index (χ1) is 6.36. The maximum Gasteiger partial charge on any atom is 0.0628 e. The van der Waals surface area contributed by atoms with Crippen LogP contribution < -0.4 is 5.32 Å². The Balaban J connectivity index is 2.18. The smallest absolute Gasteiger partial charge is 0.0628 e. The molecule has 0 aromatic carbocycles. The molecule has 0 radical (unpaired) electrons. The van der Waals surface area contributed by atoms with E-state index in [1.54, 1.807) is 7.11 Å². The molecule has 1 saturated heterocycles. The fraction of sp³-hybridized carbons (Fsp3) is 1.00. The molecule has 1 atom stereocenters. The van der Waals surface area contributed by atoms with Crippen molar-refractivity contribution in [3.8, 4) is 0 Å². The van der Waals surface area contributed by atoms with Crippen LogP contribution in [0.3, 0.4) is 0 Å². The molecule has 4 nitrogen and oxygen atoms in total. The highest BCUT2D eigenvalue weighted by atomic mass is 16.5. The van der Waals surface area contributed by atoms with Crippen molar-refractivity contribution in [1.29, 1.82) is 0 Å². The van der Waals surface area contributed by atoms with Crippen LogP contribution in [0.4, 0.5) is 0 Å². The summed E-state index contributed by atoms with van der Waals surface area (Å²) in [6.45, 7) is 5.64. The molecular formula is C9H20N2O2. The van der Waals surface area contributed by atoms with Gasteiger partial charge in [0.15, 0.2) is 0 Å². The number of hydrogen-bond donors (Lipinski definition) is 1. The lowest BCUT2D eigenvalue weighted by molar-refractivity contribution is 0.0283. The maximum absolute atomic E-state index is 5.28. The third kappa shape index (κ3) is 4.04. The van der Waals surface area contributed by atoms with Gasteiger partial charge in [0.05, 0.1) is 19.8 Å². The van der Waals surface area contributed by atoms with Gasteiger partial charge in [0.25, 0.3) is 0 Å². The molecule has 1 N–H and O–H groups in total. The Kier molecular flexibility index (Phi) is 5.31. The third-order valence-corrected chi connectivity index (χ3v) is 2.36. The monoisotopic (exact) mass is 188 g/mol. The number of nitrogens with zero attached hydrogens (tertiary/aromatic N) is 1. The first kappa shape index (κ1) is 10.9. The van der Waals surface area contributed by atoms with Crippen molar-refractivity contribution in [1.82, 2.24) is 10.2 Å². The summed E-state index contributed by atoms with van der Waals surface area (Å²) < 4.78 is 10.4. The molecule has 1 fully saturated rings. The summed E-state index contributed by atoms with van der Waals surface area (Å²) in [7, 11) is 3.72. The normalized spacial score (nSPS) is 21.7. The van der Waals surface area contributed by atoms with E-state index in [0.717, 1.165) is 39.5 Å². The maximum atomic E-state index is 5.28. The summed E-state index contributed by atoms with van der Waals surface area (Å²) in [5.74, 6) is 0. The lowest BCUT2D eigenvalue weighted by Gasteiger charge is -2.29. The summed E-state index contributed by atoms with van der Waals surface area (Å²) >= 11 is 0. The highest BCUT2D eigenvalue weighted by Gasteiger charge is 2.14. The number of rotatable bonds is 5. The molecule has 1 unspecified atom stereocenters. The van der Waals surface area contributed by atoms with Crippen LogP contribution >= 0.6 is 0 Å². The molecule has 0 aromatic heterocycles. The minimum absolute atomic E-state index is 0.433. The summed E-state index contributed by atoms with van der Waals surface area (Å²) in [4.78, 5) is 2.41. The van der Waals surface area contributed by atoms with Gasteiger partial charge >= 0.3 is 0 Å². The quantitative estimate of drug-likeness (QED) is 0.634. The van der Waals surface area contributed by atoms with E-state index in [2.05, 4.69) is 10.2 Å². The molecule has 0 aromatic rings. The van der Waals surface area contributed by atoms with Gasteiger partial charge in [0, 0.05) is 32.8 Å². The molecule has 4 heteroatoms. The summed E-state index contributed by atoms with van der Waals surface area (Å²) in [6, 6.07) is 0.433. The SMILES string of the molecule is CNC(COC)CN1CCOCC1. The molecule has 1 rings (SSSR count). The van der Waals surface area contributed by atoms with Gasteiger partial charge in [-0.25, -0.2) is 0 Å². The van der Waals surface area contributed by atoms with E-state index in [1.807, 2.05) is 7.05 Å². The Morgan fingerprint density at radius 3 is 2.69 bits per heavy atom. The second-order valence-corrected chi connectivity index (χ2v) is 3.35. The number of likely N-dealkylation sites (N-methyl/N-ethyl adjacent to an activating group) is 1. The Morgan fingerprint density at radius 1 is 1.46 bits per heavy atom. The third-order valence-electron chi connectivity index (χ3n) is 2.36. The fourth-order valence-electron chi connectivity index (χ4n) is 1.52. The van der Waals surface area contributed by atoms with Gasteiger partial charge in [-0.15, -0.1) is 0 Å². The summed E-state index contributed by atoms with van der Waals surface area (Å²) in [5.41, 5.74) is 0. The van der Waals surface area contributed by atoms with E-state index in [0.29, 0.717) is 6.04 Å². The van der Waals surface area contributed by atoms with Crippen LogP contribution in [0.1, 0.15) is 0 Å².